The van der Waals surface area contributed by atoms with Crippen molar-refractivity contribution in [2.45, 2.75) is 18.6 Å². The van der Waals surface area contributed by atoms with Crippen molar-refractivity contribution < 1.29 is 18.3 Å². The highest BCUT2D eigenvalue weighted by atomic mass is 32.2. The van der Waals surface area contributed by atoms with Crippen LogP contribution in [0.3, 0.4) is 0 Å². The molecular formula is C5H8N2O4S. The number of fused-ring (bicyclic) bond motifs is 1. The zero-order valence-electron chi connectivity index (χ0n) is 6.10. The highest BCUT2D eigenvalue weighted by molar-refractivity contribution is 7.88. The Balaban J connectivity index is 2.37. The molecule has 0 bridgehead atoms. The highest BCUT2D eigenvalue weighted by Gasteiger charge is 2.49. The van der Waals surface area contributed by atoms with Crippen molar-refractivity contribution in [2.75, 3.05) is 6.54 Å². The molecule has 2 N–H and O–H groups in total. The van der Waals surface area contributed by atoms with Gasteiger partial charge >= 0.3 is 10.2 Å². The molecule has 12 heavy (non-hydrogen) atoms. The minimum atomic E-state index is -3.63. The number of amides is 1. The Morgan fingerprint density at radius 2 is 2.25 bits per heavy atom. The number of hydrogen-bond donors (Lipinski definition) is 2. The van der Waals surface area contributed by atoms with E-state index in [1.54, 1.807) is 0 Å². The van der Waals surface area contributed by atoms with E-state index in [0.717, 1.165) is 4.31 Å². The molecule has 0 saturated carbocycles. The van der Waals surface area contributed by atoms with Gasteiger partial charge in [0.15, 0.2) is 0 Å². The predicted octanol–water partition coefficient (Wildman–Crippen LogP) is -2.20. The summed E-state index contributed by atoms with van der Waals surface area (Å²) in [5.41, 5.74) is 0. The topological polar surface area (TPSA) is 86.7 Å². The lowest BCUT2D eigenvalue weighted by Crippen LogP contribution is -2.31. The maximum absolute atomic E-state index is 11.1. The van der Waals surface area contributed by atoms with Gasteiger partial charge in [-0.3, -0.25) is 4.79 Å². The van der Waals surface area contributed by atoms with Gasteiger partial charge in [-0.1, -0.05) is 0 Å². The highest BCUT2D eigenvalue weighted by Crippen LogP contribution is 2.25. The number of nitrogens with one attached hydrogen (secondary N) is 1. The summed E-state index contributed by atoms with van der Waals surface area (Å²) in [6.45, 7) is 0.0196. The van der Waals surface area contributed by atoms with Gasteiger partial charge in [0.2, 0.25) is 0 Å². The molecule has 2 aliphatic heterocycles. The summed E-state index contributed by atoms with van der Waals surface area (Å²) in [7, 11) is -3.63. The summed E-state index contributed by atoms with van der Waals surface area (Å²) in [6, 6.07) is -0.690. The fourth-order valence-electron chi connectivity index (χ4n) is 1.54. The lowest BCUT2D eigenvalue weighted by molar-refractivity contribution is -0.121. The van der Waals surface area contributed by atoms with Crippen molar-refractivity contribution in [2.24, 2.45) is 0 Å². The molecule has 0 aromatic carbocycles. The van der Waals surface area contributed by atoms with E-state index in [2.05, 4.69) is 0 Å². The van der Waals surface area contributed by atoms with Gasteiger partial charge in [0.05, 0.1) is 6.10 Å². The molecule has 0 aliphatic carbocycles. The van der Waals surface area contributed by atoms with Crippen LogP contribution in [0.2, 0.25) is 0 Å². The van der Waals surface area contributed by atoms with E-state index in [9.17, 15) is 13.2 Å². The van der Waals surface area contributed by atoms with Crippen LogP contribution < -0.4 is 4.72 Å². The van der Waals surface area contributed by atoms with E-state index in [1.807, 2.05) is 4.72 Å². The van der Waals surface area contributed by atoms with E-state index >= 15 is 0 Å². The van der Waals surface area contributed by atoms with Crippen LogP contribution >= 0.6 is 0 Å². The smallest absolute Gasteiger partial charge is 0.304 e. The Kier molecular flexibility index (Phi) is 1.45. The zero-order valence-corrected chi connectivity index (χ0v) is 6.91. The molecular weight excluding hydrogens is 184 g/mol. The third-order valence-corrected chi connectivity index (χ3v) is 3.55. The molecule has 7 heteroatoms. The Bertz CT molecular complexity index is 324. The maximum Gasteiger partial charge on any atom is 0.304 e. The number of carbonyl (C=O) groups is 1. The van der Waals surface area contributed by atoms with Crippen molar-refractivity contribution >= 4 is 16.1 Å². The molecule has 2 rings (SSSR count). The average Bonchev–Trinajstić information content (AvgIpc) is 2.37. The van der Waals surface area contributed by atoms with Crippen molar-refractivity contribution in [1.82, 2.24) is 9.03 Å². The summed E-state index contributed by atoms with van der Waals surface area (Å²) >= 11 is 0. The molecule has 1 amide bonds. The molecule has 2 fully saturated rings. The predicted molar refractivity (Wildman–Crippen MR) is 38.2 cm³/mol. The van der Waals surface area contributed by atoms with E-state index in [4.69, 9.17) is 5.11 Å². The molecule has 2 aliphatic rings. The molecule has 68 valence electrons. The number of hydrogen-bond acceptors (Lipinski definition) is 4. The molecule has 2 atom stereocenters. The number of rotatable bonds is 0. The SMILES string of the molecule is O=C1NS(=O)(=O)N2CC(O)CC12. The van der Waals surface area contributed by atoms with Crippen molar-refractivity contribution in [3.8, 4) is 0 Å². The van der Waals surface area contributed by atoms with Gasteiger partial charge < -0.3 is 5.11 Å². The zero-order chi connectivity index (χ0) is 8.93. The third-order valence-electron chi connectivity index (χ3n) is 2.07. The Morgan fingerprint density at radius 3 is 2.83 bits per heavy atom. The van der Waals surface area contributed by atoms with Crippen LogP contribution in [0.4, 0.5) is 0 Å². The van der Waals surface area contributed by atoms with E-state index in [0.29, 0.717) is 0 Å². The van der Waals surface area contributed by atoms with Crippen molar-refractivity contribution in [1.29, 1.82) is 0 Å². The molecule has 0 aromatic rings. The maximum atomic E-state index is 11.1. The van der Waals surface area contributed by atoms with Crippen LogP contribution in [0.5, 0.6) is 0 Å². The van der Waals surface area contributed by atoms with Gasteiger partial charge in [0.25, 0.3) is 5.91 Å². The standard InChI is InChI=1S/C5H8N2O4S/c8-3-1-4-5(9)6-12(10,11)7(4)2-3/h3-4,8H,1-2H2,(H,6,9). The lowest BCUT2D eigenvalue weighted by Gasteiger charge is -2.08. The second-order valence-electron chi connectivity index (χ2n) is 2.95. The van der Waals surface area contributed by atoms with Crippen LogP contribution in [0.25, 0.3) is 0 Å². The first-order chi connectivity index (χ1) is 5.50. The lowest BCUT2D eigenvalue weighted by atomic mass is 10.2. The second-order valence-corrected chi connectivity index (χ2v) is 4.57. The first-order valence-electron chi connectivity index (χ1n) is 3.52. The summed E-state index contributed by atoms with van der Waals surface area (Å²) in [5.74, 6) is -0.536. The normalized spacial score (nSPS) is 39.6. The van der Waals surface area contributed by atoms with Crippen molar-refractivity contribution in [3.63, 3.8) is 0 Å². The Labute approximate surface area is 69.3 Å². The fourth-order valence-corrected chi connectivity index (χ4v) is 2.93. The summed E-state index contributed by atoms with van der Waals surface area (Å²) in [5, 5.41) is 9.10. The quantitative estimate of drug-likeness (QED) is 0.456. The Morgan fingerprint density at radius 1 is 1.58 bits per heavy atom. The van der Waals surface area contributed by atoms with Gasteiger partial charge in [-0.25, -0.2) is 4.72 Å². The summed E-state index contributed by atoms with van der Waals surface area (Å²) < 4.78 is 25.0. The summed E-state index contributed by atoms with van der Waals surface area (Å²) in [4.78, 5) is 11.0. The first kappa shape index (κ1) is 7.96. The van der Waals surface area contributed by atoms with Crippen LogP contribution in [0.15, 0.2) is 0 Å². The molecule has 2 saturated heterocycles. The number of nitrogens with zero attached hydrogens (tertiary/aromatic N) is 1. The largest absolute Gasteiger partial charge is 0.392 e. The molecule has 2 unspecified atom stereocenters. The molecule has 0 aromatic heterocycles. The fraction of sp³-hybridized carbons (Fsp3) is 0.800. The van der Waals surface area contributed by atoms with E-state index in [-0.39, 0.29) is 13.0 Å². The van der Waals surface area contributed by atoms with Gasteiger partial charge in [-0.05, 0) is 0 Å². The first-order valence-corrected chi connectivity index (χ1v) is 4.96. The van der Waals surface area contributed by atoms with Gasteiger partial charge in [-0.15, -0.1) is 0 Å². The Hall–Kier alpha value is -0.660. The van der Waals surface area contributed by atoms with Gasteiger partial charge in [-0.2, -0.15) is 12.7 Å². The number of aliphatic hydroxyl groups is 1. The van der Waals surface area contributed by atoms with Gasteiger partial charge in [0, 0.05) is 13.0 Å². The monoisotopic (exact) mass is 192 g/mol. The third kappa shape index (κ3) is 0.936. The van der Waals surface area contributed by atoms with Crippen LogP contribution in [-0.4, -0.2) is 42.4 Å². The minimum Gasteiger partial charge on any atom is -0.392 e. The summed E-state index contributed by atoms with van der Waals surface area (Å²) in [6.07, 6.45) is -0.513. The van der Waals surface area contributed by atoms with Gasteiger partial charge in [0.1, 0.15) is 6.04 Å². The molecule has 2 heterocycles. The van der Waals surface area contributed by atoms with Crippen LogP contribution in [0, 0.1) is 0 Å². The number of carbonyl (C=O) groups excluding carboxylic acids is 1. The van der Waals surface area contributed by atoms with E-state index < -0.39 is 28.3 Å². The molecule has 0 radical (unpaired) electrons. The molecule has 6 nitrogen and oxygen atoms in total. The van der Waals surface area contributed by atoms with Crippen LogP contribution in [-0.2, 0) is 15.0 Å². The minimum absolute atomic E-state index is 0.0196. The number of aliphatic hydroxyl groups excluding tert-OH is 1. The second kappa shape index (κ2) is 2.18. The van der Waals surface area contributed by atoms with Crippen LogP contribution in [0.1, 0.15) is 6.42 Å². The van der Waals surface area contributed by atoms with Crippen molar-refractivity contribution in [3.05, 3.63) is 0 Å². The average molecular weight is 192 g/mol. The molecule has 0 spiro atoms. The van der Waals surface area contributed by atoms with E-state index in [1.165, 1.54) is 0 Å².